The van der Waals surface area contributed by atoms with Crippen LogP contribution < -0.4 is 5.73 Å². The van der Waals surface area contributed by atoms with Gasteiger partial charge in [0, 0.05) is 6.08 Å². The summed E-state index contributed by atoms with van der Waals surface area (Å²) in [5.74, 6) is -0.727. The van der Waals surface area contributed by atoms with Gasteiger partial charge in [0.25, 0.3) is 0 Å². The van der Waals surface area contributed by atoms with Crippen molar-refractivity contribution in [2.45, 2.75) is 12.5 Å². The molecule has 0 bridgehead atoms. The van der Waals surface area contributed by atoms with Crippen molar-refractivity contribution in [2.75, 3.05) is 12.1 Å². The van der Waals surface area contributed by atoms with E-state index < -0.39 is 40.1 Å². The van der Waals surface area contributed by atoms with Crippen molar-refractivity contribution in [1.29, 1.82) is 0 Å². The number of fused-ring (bicyclic) bond motifs is 1. The molecule has 0 aromatic carbocycles. The molecule has 16 heteroatoms. The lowest BCUT2D eigenvalue weighted by molar-refractivity contribution is -0.130. The van der Waals surface area contributed by atoms with Gasteiger partial charge < -0.3 is 29.9 Å². The number of ether oxygens (including phenoxy) is 2. The molecule has 1 aliphatic heterocycles. The Kier molecular flexibility index (Phi) is 4.94. The highest BCUT2D eigenvalue weighted by molar-refractivity contribution is 7.63. The van der Waals surface area contributed by atoms with E-state index in [2.05, 4.69) is 19.3 Å². The zero-order chi connectivity index (χ0) is 19.1. The summed E-state index contributed by atoms with van der Waals surface area (Å²) in [5.41, 5.74) is 6.05. The molecule has 0 saturated carbocycles. The minimum Gasteiger partial charge on any atom is -0.382 e. The van der Waals surface area contributed by atoms with Crippen LogP contribution in [0.15, 0.2) is 24.6 Å². The van der Waals surface area contributed by atoms with Gasteiger partial charge >= 0.3 is 15.4 Å². The van der Waals surface area contributed by atoms with E-state index in [1.165, 1.54) is 10.9 Å². The molecular weight excluding hydrogens is 399 g/mol. The van der Waals surface area contributed by atoms with Gasteiger partial charge in [0.2, 0.25) is 0 Å². The number of rotatable bonds is 6. The topological polar surface area (TPSA) is 192 Å². The van der Waals surface area contributed by atoms with Crippen molar-refractivity contribution in [2.24, 2.45) is 0 Å². The molecule has 0 amide bonds. The SMILES string of the molecule is Nc1ncnc2c1ncn2[C@@H]1O[C@H](OCP(=O)(O)OP(=O)(O)O)C=C1F. The van der Waals surface area contributed by atoms with Crippen LogP contribution in [0.1, 0.15) is 6.23 Å². The first-order chi connectivity index (χ1) is 12.1. The van der Waals surface area contributed by atoms with Crippen molar-refractivity contribution in [1.82, 2.24) is 19.5 Å². The predicted octanol–water partition coefficient (Wildman–Crippen LogP) is 0.386. The molecule has 142 valence electrons. The molecule has 3 heterocycles. The quantitative estimate of drug-likeness (QED) is 0.479. The van der Waals surface area contributed by atoms with Gasteiger partial charge in [-0.15, -0.1) is 0 Å². The van der Waals surface area contributed by atoms with Crippen molar-refractivity contribution in [3.8, 4) is 0 Å². The minimum atomic E-state index is -5.21. The van der Waals surface area contributed by atoms with E-state index in [0.717, 1.165) is 12.4 Å². The molecular formula is C10H12FN5O8P2. The maximum atomic E-state index is 14.2. The first-order valence-corrected chi connectivity index (χ1v) is 10.0. The van der Waals surface area contributed by atoms with E-state index in [-0.39, 0.29) is 17.0 Å². The summed E-state index contributed by atoms with van der Waals surface area (Å²) in [5, 5.41) is 0. The van der Waals surface area contributed by atoms with Crippen LogP contribution >= 0.6 is 15.4 Å². The fourth-order valence-corrected chi connectivity index (χ4v) is 3.98. The second kappa shape index (κ2) is 6.76. The number of nitrogens with zero attached hydrogens (tertiary/aromatic N) is 4. The largest absolute Gasteiger partial charge is 0.476 e. The first kappa shape index (κ1) is 19.0. The smallest absolute Gasteiger partial charge is 0.382 e. The molecule has 1 aliphatic rings. The average molecular weight is 411 g/mol. The number of nitrogens with two attached hydrogens (primary N) is 1. The van der Waals surface area contributed by atoms with Gasteiger partial charge in [-0.25, -0.2) is 28.2 Å². The lowest BCUT2D eigenvalue weighted by Gasteiger charge is -2.18. The predicted molar refractivity (Wildman–Crippen MR) is 81.7 cm³/mol. The van der Waals surface area contributed by atoms with Crippen molar-refractivity contribution < 1.29 is 42.0 Å². The van der Waals surface area contributed by atoms with Gasteiger partial charge in [0.15, 0.2) is 36.2 Å². The van der Waals surface area contributed by atoms with Crippen molar-refractivity contribution >= 4 is 32.4 Å². The Hall–Kier alpha value is -1.76. The minimum absolute atomic E-state index is 0.0831. The van der Waals surface area contributed by atoms with Crippen LogP contribution in [0.25, 0.3) is 11.2 Å². The Morgan fingerprint density at radius 3 is 2.73 bits per heavy atom. The monoisotopic (exact) mass is 411 g/mol. The fourth-order valence-electron chi connectivity index (χ4n) is 2.13. The molecule has 2 aromatic rings. The number of aromatic nitrogens is 4. The van der Waals surface area contributed by atoms with Gasteiger partial charge in [0.1, 0.15) is 11.8 Å². The molecule has 0 radical (unpaired) electrons. The van der Waals surface area contributed by atoms with E-state index in [1.807, 2.05) is 0 Å². The van der Waals surface area contributed by atoms with E-state index in [4.69, 9.17) is 25.0 Å². The lowest BCUT2D eigenvalue weighted by atomic mass is 10.4. The summed E-state index contributed by atoms with van der Waals surface area (Å²) in [6.45, 7) is 0. The number of hydrogen-bond acceptors (Lipinski definition) is 9. The van der Waals surface area contributed by atoms with Crippen LogP contribution in [-0.2, 0) is 22.9 Å². The number of imidazole rings is 1. The standard InChI is InChI=1S/C10H12FN5O8P2/c11-5-1-6(22-4-25(17,18)24-26(19,20)21)23-10(5)16-3-15-7-8(12)13-2-14-9(7)16/h1-3,6,10H,4H2,(H,17,18)(H2,12,13,14)(H2,19,20,21)/t6-,10+/m0/s1. The maximum Gasteiger partial charge on any atom is 0.476 e. The van der Waals surface area contributed by atoms with E-state index in [1.54, 1.807) is 0 Å². The Morgan fingerprint density at radius 1 is 1.31 bits per heavy atom. The van der Waals surface area contributed by atoms with Gasteiger partial charge in [0.05, 0.1) is 6.33 Å². The van der Waals surface area contributed by atoms with Gasteiger partial charge in [-0.05, 0) is 0 Å². The number of phosphoric acid groups is 1. The summed E-state index contributed by atoms with van der Waals surface area (Å²) in [7, 11) is -9.99. The summed E-state index contributed by atoms with van der Waals surface area (Å²) in [6, 6.07) is 0. The summed E-state index contributed by atoms with van der Waals surface area (Å²) >= 11 is 0. The number of halogens is 1. The summed E-state index contributed by atoms with van der Waals surface area (Å²) in [6.07, 6.45) is -0.666. The van der Waals surface area contributed by atoms with E-state index >= 15 is 0 Å². The van der Waals surface area contributed by atoms with Crippen LogP contribution in [0.5, 0.6) is 0 Å². The normalized spacial score (nSPS) is 23.2. The van der Waals surface area contributed by atoms with Gasteiger partial charge in [-0.1, -0.05) is 0 Å². The Labute approximate surface area is 144 Å². The third-order valence-electron chi connectivity index (χ3n) is 3.07. The van der Waals surface area contributed by atoms with Crippen LogP contribution in [0.4, 0.5) is 10.2 Å². The highest BCUT2D eigenvalue weighted by Gasteiger charge is 2.35. The Balaban J connectivity index is 1.71. The molecule has 3 atom stereocenters. The second-order valence-electron chi connectivity index (χ2n) is 5.00. The number of nitrogen functional groups attached to an aromatic ring is 1. The number of anilines is 1. The lowest BCUT2D eigenvalue weighted by Crippen LogP contribution is -2.17. The fraction of sp³-hybridized carbons (Fsp3) is 0.300. The molecule has 13 nitrogen and oxygen atoms in total. The Morgan fingerprint density at radius 2 is 2.04 bits per heavy atom. The third kappa shape index (κ3) is 4.14. The van der Waals surface area contributed by atoms with Gasteiger partial charge in [-0.2, -0.15) is 0 Å². The molecule has 0 saturated heterocycles. The van der Waals surface area contributed by atoms with Crippen molar-refractivity contribution in [3.63, 3.8) is 0 Å². The third-order valence-corrected chi connectivity index (χ3v) is 5.42. The number of hydrogen-bond donors (Lipinski definition) is 4. The molecule has 26 heavy (non-hydrogen) atoms. The zero-order valence-electron chi connectivity index (χ0n) is 12.6. The average Bonchev–Trinajstić information content (AvgIpc) is 3.07. The van der Waals surface area contributed by atoms with Crippen LogP contribution in [-0.4, -0.2) is 46.8 Å². The summed E-state index contributed by atoms with van der Waals surface area (Å²) in [4.78, 5) is 38.0. The molecule has 2 aromatic heterocycles. The van der Waals surface area contributed by atoms with Crippen LogP contribution in [0.2, 0.25) is 0 Å². The first-order valence-electron chi connectivity index (χ1n) is 6.72. The molecule has 0 spiro atoms. The molecule has 3 rings (SSSR count). The van der Waals surface area contributed by atoms with Gasteiger partial charge in [-0.3, -0.25) is 9.13 Å². The van der Waals surface area contributed by atoms with Crippen molar-refractivity contribution in [3.05, 3.63) is 24.6 Å². The van der Waals surface area contributed by atoms with Crippen LogP contribution in [0, 0.1) is 0 Å². The van der Waals surface area contributed by atoms with Crippen LogP contribution in [0.3, 0.4) is 0 Å². The molecule has 0 aliphatic carbocycles. The zero-order valence-corrected chi connectivity index (χ0v) is 14.4. The molecule has 1 unspecified atom stereocenters. The summed E-state index contributed by atoms with van der Waals surface area (Å²) < 4.78 is 51.3. The Bertz CT molecular complexity index is 960. The maximum absolute atomic E-state index is 14.2. The van der Waals surface area contributed by atoms with E-state index in [9.17, 15) is 18.4 Å². The highest BCUT2D eigenvalue weighted by atomic mass is 31.3. The van der Waals surface area contributed by atoms with E-state index in [0.29, 0.717) is 0 Å². The highest BCUT2D eigenvalue weighted by Crippen LogP contribution is 2.57. The second-order valence-corrected chi connectivity index (χ2v) is 8.16. The molecule has 0 fully saturated rings. The molecule has 5 N–H and O–H groups in total.